The normalized spacial score (nSPS) is 29.2. The van der Waals surface area contributed by atoms with E-state index in [2.05, 4.69) is 19.2 Å². The van der Waals surface area contributed by atoms with E-state index in [-0.39, 0.29) is 5.82 Å². The Hall–Kier alpha value is -0.890. The number of benzene rings is 1. The van der Waals surface area contributed by atoms with Crippen molar-refractivity contribution < 1.29 is 4.39 Å². The molecule has 3 atom stereocenters. The van der Waals surface area contributed by atoms with E-state index in [1.165, 1.54) is 25.3 Å². The first-order chi connectivity index (χ1) is 9.08. The van der Waals surface area contributed by atoms with Gasteiger partial charge in [0, 0.05) is 6.04 Å². The van der Waals surface area contributed by atoms with Crippen LogP contribution in [0, 0.1) is 23.6 Å². The van der Waals surface area contributed by atoms with E-state index in [0.717, 1.165) is 23.8 Å². The van der Waals surface area contributed by atoms with Gasteiger partial charge in [-0.05, 0) is 68.2 Å². The summed E-state index contributed by atoms with van der Waals surface area (Å²) in [5.41, 5.74) is 1.10. The standard InChI is InChI=1S/C17H26FN/c1-12-7-13(2)9-15(8-12)17(19-3)11-14-5-4-6-16(18)10-14/h4-6,10,12-13,15,17,19H,7-9,11H2,1-3H3. The highest BCUT2D eigenvalue weighted by molar-refractivity contribution is 5.17. The molecule has 0 heterocycles. The molecule has 1 N–H and O–H groups in total. The van der Waals surface area contributed by atoms with Crippen molar-refractivity contribution in [3.63, 3.8) is 0 Å². The topological polar surface area (TPSA) is 12.0 Å². The van der Waals surface area contributed by atoms with Crippen LogP contribution in [0.5, 0.6) is 0 Å². The highest BCUT2D eigenvalue weighted by Crippen LogP contribution is 2.35. The molecule has 2 rings (SSSR count). The van der Waals surface area contributed by atoms with E-state index in [1.54, 1.807) is 6.07 Å². The highest BCUT2D eigenvalue weighted by Gasteiger charge is 2.29. The Bertz CT molecular complexity index is 394. The van der Waals surface area contributed by atoms with Gasteiger partial charge in [-0.1, -0.05) is 26.0 Å². The van der Waals surface area contributed by atoms with Gasteiger partial charge >= 0.3 is 0 Å². The largest absolute Gasteiger partial charge is 0.316 e. The van der Waals surface area contributed by atoms with Crippen LogP contribution in [0.15, 0.2) is 24.3 Å². The summed E-state index contributed by atoms with van der Waals surface area (Å²) in [6.45, 7) is 4.72. The quantitative estimate of drug-likeness (QED) is 0.865. The van der Waals surface area contributed by atoms with E-state index in [1.807, 2.05) is 19.2 Å². The van der Waals surface area contributed by atoms with E-state index in [4.69, 9.17) is 0 Å². The fourth-order valence-corrected chi connectivity index (χ4v) is 3.76. The molecule has 0 aliphatic heterocycles. The Labute approximate surface area is 116 Å². The van der Waals surface area contributed by atoms with Gasteiger partial charge in [0.25, 0.3) is 0 Å². The Morgan fingerprint density at radius 2 is 1.89 bits per heavy atom. The van der Waals surface area contributed by atoms with Crippen molar-refractivity contribution >= 4 is 0 Å². The third-order valence-electron chi connectivity index (χ3n) is 4.50. The first-order valence-corrected chi connectivity index (χ1v) is 7.50. The summed E-state index contributed by atoms with van der Waals surface area (Å²) in [7, 11) is 2.04. The highest BCUT2D eigenvalue weighted by atomic mass is 19.1. The second kappa shape index (κ2) is 6.51. The summed E-state index contributed by atoms with van der Waals surface area (Å²) < 4.78 is 13.3. The molecule has 1 aromatic carbocycles. The first-order valence-electron chi connectivity index (χ1n) is 7.50. The fourth-order valence-electron chi connectivity index (χ4n) is 3.76. The number of nitrogens with one attached hydrogen (secondary N) is 1. The first kappa shape index (κ1) is 14.5. The molecular weight excluding hydrogens is 237 g/mol. The van der Waals surface area contributed by atoms with E-state index in [0.29, 0.717) is 12.0 Å². The molecule has 0 radical (unpaired) electrons. The van der Waals surface area contributed by atoms with Gasteiger partial charge in [0.1, 0.15) is 5.82 Å². The maximum atomic E-state index is 13.3. The lowest BCUT2D eigenvalue weighted by atomic mass is 9.73. The zero-order chi connectivity index (χ0) is 13.8. The predicted molar refractivity (Wildman–Crippen MR) is 78.6 cm³/mol. The maximum absolute atomic E-state index is 13.3. The van der Waals surface area contributed by atoms with Crippen LogP contribution in [-0.2, 0) is 6.42 Å². The number of hydrogen-bond donors (Lipinski definition) is 1. The zero-order valence-corrected chi connectivity index (χ0v) is 12.3. The molecule has 3 unspecified atom stereocenters. The van der Waals surface area contributed by atoms with E-state index >= 15 is 0 Å². The average Bonchev–Trinajstić information content (AvgIpc) is 2.34. The summed E-state index contributed by atoms with van der Waals surface area (Å²) in [6.07, 6.45) is 4.88. The summed E-state index contributed by atoms with van der Waals surface area (Å²) >= 11 is 0. The lowest BCUT2D eigenvalue weighted by Gasteiger charge is -2.36. The second-order valence-electron chi connectivity index (χ2n) is 6.41. The van der Waals surface area contributed by atoms with Crippen LogP contribution in [0.1, 0.15) is 38.7 Å². The Balaban J connectivity index is 2.03. The third kappa shape index (κ3) is 4.04. The minimum atomic E-state index is -0.127. The van der Waals surface area contributed by atoms with Gasteiger partial charge in [-0.3, -0.25) is 0 Å². The predicted octanol–water partition coefficient (Wildman–Crippen LogP) is 4.03. The Morgan fingerprint density at radius 3 is 2.47 bits per heavy atom. The molecule has 106 valence electrons. The molecule has 1 aliphatic rings. The van der Waals surface area contributed by atoms with Gasteiger partial charge in [-0.15, -0.1) is 0 Å². The summed E-state index contributed by atoms with van der Waals surface area (Å²) in [5, 5.41) is 3.46. The van der Waals surface area contributed by atoms with Crippen molar-refractivity contribution in [3.8, 4) is 0 Å². The average molecular weight is 263 g/mol. The number of hydrogen-bond acceptors (Lipinski definition) is 1. The lowest BCUT2D eigenvalue weighted by molar-refractivity contribution is 0.179. The molecule has 1 aromatic rings. The third-order valence-corrected chi connectivity index (χ3v) is 4.50. The van der Waals surface area contributed by atoms with Crippen molar-refractivity contribution in [1.29, 1.82) is 0 Å². The van der Waals surface area contributed by atoms with Gasteiger partial charge in [-0.2, -0.15) is 0 Å². The molecule has 1 saturated carbocycles. The molecule has 1 nitrogen and oxygen atoms in total. The van der Waals surface area contributed by atoms with Gasteiger partial charge in [-0.25, -0.2) is 4.39 Å². The van der Waals surface area contributed by atoms with Crippen LogP contribution in [-0.4, -0.2) is 13.1 Å². The number of likely N-dealkylation sites (N-methyl/N-ethyl adjacent to an activating group) is 1. The second-order valence-corrected chi connectivity index (χ2v) is 6.41. The Morgan fingerprint density at radius 1 is 1.21 bits per heavy atom. The molecule has 1 fully saturated rings. The van der Waals surface area contributed by atoms with Gasteiger partial charge in [0.2, 0.25) is 0 Å². The van der Waals surface area contributed by atoms with E-state index < -0.39 is 0 Å². The summed E-state index contributed by atoms with van der Waals surface area (Å²) in [6, 6.07) is 7.49. The number of rotatable bonds is 4. The molecule has 1 aliphatic carbocycles. The van der Waals surface area contributed by atoms with Crippen molar-refractivity contribution in [1.82, 2.24) is 5.32 Å². The van der Waals surface area contributed by atoms with Crippen molar-refractivity contribution in [2.24, 2.45) is 17.8 Å². The van der Waals surface area contributed by atoms with Crippen LogP contribution in [0.4, 0.5) is 4.39 Å². The van der Waals surface area contributed by atoms with Crippen LogP contribution in [0.3, 0.4) is 0 Å². The number of halogens is 1. The fraction of sp³-hybridized carbons (Fsp3) is 0.647. The van der Waals surface area contributed by atoms with Crippen LogP contribution < -0.4 is 5.32 Å². The lowest BCUT2D eigenvalue weighted by Crippen LogP contribution is -2.39. The summed E-state index contributed by atoms with van der Waals surface area (Å²) in [5.74, 6) is 2.22. The van der Waals surface area contributed by atoms with Gasteiger partial charge < -0.3 is 5.32 Å². The minimum absolute atomic E-state index is 0.127. The minimum Gasteiger partial charge on any atom is -0.316 e. The van der Waals surface area contributed by atoms with Crippen molar-refractivity contribution in [2.45, 2.75) is 45.6 Å². The molecule has 2 heteroatoms. The monoisotopic (exact) mass is 263 g/mol. The van der Waals surface area contributed by atoms with Gasteiger partial charge in [0.15, 0.2) is 0 Å². The van der Waals surface area contributed by atoms with Crippen LogP contribution >= 0.6 is 0 Å². The smallest absolute Gasteiger partial charge is 0.123 e. The zero-order valence-electron chi connectivity index (χ0n) is 12.3. The maximum Gasteiger partial charge on any atom is 0.123 e. The molecule has 0 bridgehead atoms. The molecule has 0 amide bonds. The molecule has 0 aromatic heterocycles. The SMILES string of the molecule is CNC(Cc1cccc(F)c1)C1CC(C)CC(C)C1. The van der Waals surface area contributed by atoms with E-state index in [9.17, 15) is 4.39 Å². The Kier molecular flexibility index (Phi) is 4.98. The molecule has 0 saturated heterocycles. The van der Waals surface area contributed by atoms with Crippen molar-refractivity contribution in [3.05, 3.63) is 35.6 Å². The summed E-state index contributed by atoms with van der Waals surface area (Å²) in [4.78, 5) is 0. The van der Waals surface area contributed by atoms with Crippen LogP contribution in [0.2, 0.25) is 0 Å². The molecule has 19 heavy (non-hydrogen) atoms. The molecular formula is C17H26FN. The molecule has 0 spiro atoms. The van der Waals surface area contributed by atoms with Crippen molar-refractivity contribution in [2.75, 3.05) is 7.05 Å². The van der Waals surface area contributed by atoms with Crippen LogP contribution in [0.25, 0.3) is 0 Å². The van der Waals surface area contributed by atoms with Gasteiger partial charge in [0.05, 0.1) is 0 Å².